The van der Waals surface area contributed by atoms with Gasteiger partial charge in [-0.15, -0.1) is 0 Å². The summed E-state index contributed by atoms with van der Waals surface area (Å²) in [7, 11) is 0. The maximum Gasteiger partial charge on any atom is 0.313 e. The van der Waals surface area contributed by atoms with Crippen molar-refractivity contribution in [1.82, 2.24) is 0 Å². The smallest absolute Gasteiger partial charge is 0.313 e. The molecular weight excluding hydrogens is 592 g/mol. The van der Waals surface area contributed by atoms with Crippen molar-refractivity contribution in [3.63, 3.8) is 0 Å². The third-order valence-corrected chi connectivity index (χ3v) is 9.27. The lowest BCUT2D eigenvalue weighted by Crippen LogP contribution is -2.11. The minimum absolute atomic E-state index is 0.310. The molecule has 0 bridgehead atoms. The normalized spacial score (nSPS) is 11.1. The molecule has 276 valence electrons. The van der Waals surface area contributed by atoms with Crippen LogP contribution in [0.2, 0.25) is 0 Å². The van der Waals surface area contributed by atoms with Crippen molar-refractivity contribution in [2.75, 3.05) is 0 Å². The van der Waals surface area contributed by atoms with E-state index >= 15 is 0 Å². The molecule has 0 heterocycles. The van der Waals surface area contributed by atoms with Crippen molar-refractivity contribution >= 4 is 23.9 Å². The highest BCUT2D eigenvalue weighted by Gasteiger charge is 2.10. The van der Waals surface area contributed by atoms with E-state index in [1.165, 1.54) is 141 Å². The second-order valence-electron chi connectivity index (χ2n) is 13.9. The number of unbranched alkanes of at least 4 members (excludes halogenated alkanes) is 30. The molecule has 0 rings (SSSR count). The fraction of sp³-hybridized carbons (Fsp3) is 0.900. The van der Waals surface area contributed by atoms with E-state index in [1.54, 1.807) is 0 Å². The Hall–Kier alpha value is -1.92. The Kier molecular flexibility index (Phi) is 35.4. The zero-order valence-corrected chi connectivity index (χ0v) is 30.4. The molecule has 7 heteroatoms. The maximum atomic E-state index is 12.0. The molecule has 2 N–H and O–H groups in total. The van der Waals surface area contributed by atoms with Crippen molar-refractivity contribution in [1.29, 1.82) is 0 Å². The summed E-state index contributed by atoms with van der Waals surface area (Å²) in [6.45, 7) is 0. The van der Waals surface area contributed by atoms with E-state index in [2.05, 4.69) is 0 Å². The molecule has 0 unspecified atom stereocenters. The van der Waals surface area contributed by atoms with E-state index in [9.17, 15) is 19.2 Å². The number of aliphatic carboxylic acids is 2. The number of carbonyl (C=O) groups excluding carboxylic acids is 2. The molecule has 7 nitrogen and oxygen atoms in total. The Morgan fingerprint density at radius 2 is 0.404 bits per heavy atom. The van der Waals surface area contributed by atoms with Gasteiger partial charge in [-0.1, -0.05) is 180 Å². The number of esters is 2. The molecule has 0 aromatic rings. The average Bonchev–Trinajstić information content (AvgIpc) is 3.03. The van der Waals surface area contributed by atoms with Gasteiger partial charge in [-0.2, -0.15) is 0 Å². The zero-order chi connectivity index (χ0) is 34.5. The summed E-state index contributed by atoms with van der Waals surface area (Å²) in [4.78, 5) is 44.9. The van der Waals surface area contributed by atoms with Crippen LogP contribution in [0.3, 0.4) is 0 Å². The second-order valence-corrected chi connectivity index (χ2v) is 13.9. The van der Waals surface area contributed by atoms with Gasteiger partial charge in [-0.05, 0) is 25.7 Å². The first-order valence-electron chi connectivity index (χ1n) is 20.1. The highest BCUT2D eigenvalue weighted by atomic mass is 16.6. The largest absolute Gasteiger partial charge is 0.481 e. The predicted octanol–water partition coefficient (Wildman–Crippen LogP) is 12.3. The van der Waals surface area contributed by atoms with E-state index in [0.29, 0.717) is 25.7 Å². The average molecular weight is 667 g/mol. The van der Waals surface area contributed by atoms with Gasteiger partial charge in [0.25, 0.3) is 0 Å². The Balaban J connectivity index is 3.27. The van der Waals surface area contributed by atoms with Crippen LogP contribution in [-0.4, -0.2) is 34.1 Å². The fourth-order valence-corrected chi connectivity index (χ4v) is 6.27. The van der Waals surface area contributed by atoms with Gasteiger partial charge in [-0.3, -0.25) is 19.2 Å². The summed E-state index contributed by atoms with van der Waals surface area (Å²) >= 11 is 0. The molecule has 0 radical (unpaired) electrons. The van der Waals surface area contributed by atoms with Crippen molar-refractivity contribution in [3.8, 4) is 0 Å². The summed E-state index contributed by atoms with van der Waals surface area (Å²) in [5.74, 6) is -2.08. The Morgan fingerprint density at radius 3 is 0.574 bits per heavy atom. The molecular formula is C40H74O7. The zero-order valence-electron chi connectivity index (χ0n) is 30.4. The molecule has 0 aliphatic rings. The van der Waals surface area contributed by atoms with Gasteiger partial charge < -0.3 is 14.9 Å². The summed E-state index contributed by atoms with van der Waals surface area (Å²) < 4.78 is 5.01. The molecule has 0 amide bonds. The number of rotatable bonds is 38. The minimum Gasteiger partial charge on any atom is -0.481 e. The Morgan fingerprint density at radius 1 is 0.255 bits per heavy atom. The van der Waals surface area contributed by atoms with E-state index in [1.807, 2.05) is 0 Å². The Labute approximate surface area is 288 Å². The van der Waals surface area contributed by atoms with Crippen molar-refractivity contribution in [2.45, 2.75) is 231 Å². The van der Waals surface area contributed by atoms with E-state index in [4.69, 9.17) is 14.9 Å². The Bertz CT molecular complexity index is 676. The van der Waals surface area contributed by atoms with Crippen LogP contribution in [0.5, 0.6) is 0 Å². The van der Waals surface area contributed by atoms with Crippen molar-refractivity contribution < 1.29 is 34.1 Å². The van der Waals surface area contributed by atoms with Crippen LogP contribution in [0.25, 0.3) is 0 Å². The van der Waals surface area contributed by atoms with Gasteiger partial charge in [0, 0.05) is 25.7 Å². The molecule has 0 aliphatic carbocycles. The first-order chi connectivity index (χ1) is 22.9. The first-order valence-corrected chi connectivity index (χ1v) is 20.1. The monoisotopic (exact) mass is 667 g/mol. The minimum atomic E-state index is -0.680. The molecule has 47 heavy (non-hydrogen) atoms. The SMILES string of the molecule is O=C(O)CCCCCCCCCCCCCCCCCCC(=O)OC(=O)CCCCCCCCCCCCCCCCCCC(=O)O. The van der Waals surface area contributed by atoms with E-state index in [0.717, 1.165) is 64.2 Å². The molecule has 0 saturated heterocycles. The van der Waals surface area contributed by atoms with Crippen LogP contribution in [0.15, 0.2) is 0 Å². The standard InChI is InChI=1S/C40H74O7/c41-37(42)33-29-25-21-17-13-9-5-1-3-7-11-15-19-23-27-31-35-39(45)47-40(46)36-32-28-24-20-16-12-8-4-2-6-10-14-18-22-26-30-34-38(43)44/h1-36H2,(H,41,42)(H,43,44). The number of hydrogen-bond acceptors (Lipinski definition) is 5. The van der Waals surface area contributed by atoms with Gasteiger partial charge in [0.15, 0.2) is 0 Å². The summed E-state index contributed by atoms with van der Waals surface area (Å²) in [5.41, 5.74) is 0. The summed E-state index contributed by atoms with van der Waals surface area (Å²) in [6.07, 6.45) is 39.1. The fourth-order valence-electron chi connectivity index (χ4n) is 6.27. The van der Waals surface area contributed by atoms with Crippen LogP contribution in [0, 0.1) is 0 Å². The van der Waals surface area contributed by atoms with Gasteiger partial charge in [-0.25, -0.2) is 0 Å². The number of carboxylic acid groups (broad SMARTS) is 2. The maximum absolute atomic E-state index is 12.0. The van der Waals surface area contributed by atoms with E-state index < -0.39 is 11.9 Å². The molecule has 0 aromatic carbocycles. The highest BCUT2D eigenvalue weighted by Crippen LogP contribution is 2.16. The molecule has 0 saturated carbocycles. The summed E-state index contributed by atoms with van der Waals surface area (Å²) in [5, 5.41) is 17.3. The van der Waals surface area contributed by atoms with Crippen LogP contribution in [0.1, 0.15) is 231 Å². The third kappa shape index (κ3) is 40.2. The molecule has 0 spiro atoms. The van der Waals surface area contributed by atoms with Crippen LogP contribution >= 0.6 is 0 Å². The first kappa shape index (κ1) is 45.1. The number of ether oxygens (including phenoxy) is 1. The quantitative estimate of drug-likeness (QED) is 0.0382. The number of carboxylic acids is 2. The lowest BCUT2D eigenvalue weighted by atomic mass is 10.0. The third-order valence-electron chi connectivity index (χ3n) is 9.27. The second kappa shape index (κ2) is 36.9. The van der Waals surface area contributed by atoms with Gasteiger partial charge in [0.2, 0.25) is 0 Å². The molecule has 0 aromatic heterocycles. The van der Waals surface area contributed by atoms with Gasteiger partial charge in [0.05, 0.1) is 0 Å². The van der Waals surface area contributed by atoms with E-state index in [-0.39, 0.29) is 11.9 Å². The number of hydrogen-bond donors (Lipinski definition) is 2. The van der Waals surface area contributed by atoms with Crippen LogP contribution in [0.4, 0.5) is 0 Å². The van der Waals surface area contributed by atoms with Crippen molar-refractivity contribution in [2.24, 2.45) is 0 Å². The molecule has 0 fully saturated rings. The molecule has 0 aliphatic heterocycles. The lowest BCUT2D eigenvalue weighted by molar-refractivity contribution is -0.159. The van der Waals surface area contributed by atoms with Gasteiger partial charge in [0.1, 0.15) is 0 Å². The lowest BCUT2D eigenvalue weighted by Gasteiger charge is -2.05. The highest BCUT2D eigenvalue weighted by molar-refractivity contribution is 5.85. The number of carbonyl (C=O) groups is 4. The van der Waals surface area contributed by atoms with Crippen molar-refractivity contribution in [3.05, 3.63) is 0 Å². The van der Waals surface area contributed by atoms with Crippen LogP contribution in [-0.2, 0) is 23.9 Å². The summed E-state index contributed by atoms with van der Waals surface area (Å²) in [6, 6.07) is 0. The van der Waals surface area contributed by atoms with Gasteiger partial charge >= 0.3 is 23.9 Å². The van der Waals surface area contributed by atoms with Crippen LogP contribution < -0.4 is 0 Å². The predicted molar refractivity (Wildman–Crippen MR) is 193 cm³/mol. The molecule has 0 atom stereocenters. The topological polar surface area (TPSA) is 118 Å².